The van der Waals surface area contributed by atoms with Crippen LogP contribution < -0.4 is 0 Å². The summed E-state index contributed by atoms with van der Waals surface area (Å²) >= 11 is 0. The molecule has 29 heavy (non-hydrogen) atoms. The molecule has 0 amide bonds. The van der Waals surface area contributed by atoms with Gasteiger partial charge in [-0.1, -0.05) is 20.5 Å². The van der Waals surface area contributed by atoms with Crippen LogP contribution in [0, 0.1) is 0 Å². The van der Waals surface area contributed by atoms with Gasteiger partial charge in [-0.25, -0.2) is 0 Å². The zero-order valence-electron chi connectivity index (χ0n) is 14.8. The summed E-state index contributed by atoms with van der Waals surface area (Å²) in [5, 5.41) is 44.5. The van der Waals surface area contributed by atoms with Crippen LogP contribution in [0.15, 0.2) is 20.5 Å². The molecular formula is C12H18N12O5. The van der Waals surface area contributed by atoms with Crippen molar-refractivity contribution in [1.29, 1.82) is 0 Å². The third kappa shape index (κ3) is 5.31. The number of hydrogen-bond donors (Lipinski definition) is 3. The summed E-state index contributed by atoms with van der Waals surface area (Å²) in [7, 11) is 0. The summed E-state index contributed by atoms with van der Waals surface area (Å²) in [5.41, 5.74) is 34.6. The van der Waals surface area contributed by atoms with E-state index in [1.807, 2.05) is 0 Å². The zero-order chi connectivity index (χ0) is 21.4. The molecule has 1 aliphatic heterocycles. The minimum absolute atomic E-state index is 0.0841. The number of ether oxygens (including phenoxy) is 2. The average molecular weight is 410 g/mol. The molecule has 1 saturated carbocycles. The quantitative estimate of drug-likeness (QED) is 0.317. The second-order valence-corrected chi connectivity index (χ2v) is 6.39. The molecule has 0 spiro atoms. The second-order valence-electron chi connectivity index (χ2n) is 6.39. The molecule has 0 aromatic heterocycles. The van der Waals surface area contributed by atoms with E-state index in [-0.39, 0.29) is 19.4 Å². The van der Waals surface area contributed by atoms with Gasteiger partial charge in [0.1, 0.15) is 6.10 Å². The third-order valence-electron chi connectivity index (χ3n) is 4.69. The van der Waals surface area contributed by atoms with E-state index >= 15 is 0 Å². The summed E-state index contributed by atoms with van der Waals surface area (Å²) in [6, 6.07) is -3.10. The SMILES string of the molecule is [N-]=[N+]=NC[C@H]1O[C@H](O[C@H]2[C@H](O)[C@@H](O)[C@H](N=[N+]=[N-])C[C@@H]2N=[N+]=[N-])[C@H](N=[N+]=[N-])C[C@@H]1O. The van der Waals surface area contributed by atoms with E-state index in [9.17, 15) is 15.3 Å². The van der Waals surface area contributed by atoms with Gasteiger partial charge in [-0.05, 0) is 35.0 Å². The molecule has 17 heteroatoms. The van der Waals surface area contributed by atoms with Gasteiger partial charge in [-0.2, -0.15) is 0 Å². The van der Waals surface area contributed by atoms with Gasteiger partial charge < -0.3 is 24.8 Å². The van der Waals surface area contributed by atoms with Gasteiger partial charge in [0.2, 0.25) is 0 Å². The number of aliphatic hydroxyl groups is 3. The zero-order valence-corrected chi connectivity index (χ0v) is 14.8. The molecule has 0 bridgehead atoms. The molecule has 1 aliphatic carbocycles. The lowest BCUT2D eigenvalue weighted by molar-refractivity contribution is -0.267. The Labute approximate surface area is 162 Å². The Bertz CT molecular complexity index is 771. The van der Waals surface area contributed by atoms with Crippen LogP contribution in [-0.4, -0.2) is 76.8 Å². The van der Waals surface area contributed by atoms with Crippen LogP contribution >= 0.6 is 0 Å². The first kappa shape index (κ1) is 22.3. The van der Waals surface area contributed by atoms with E-state index in [0.29, 0.717) is 0 Å². The molecule has 0 aromatic carbocycles. The highest BCUT2D eigenvalue weighted by Crippen LogP contribution is 2.32. The summed E-state index contributed by atoms with van der Waals surface area (Å²) in [6.45, 7) is -0.227. The molecule has 9 atom stereocenters. The van der Waals surface area contributed by atoms with Gasteiger partial charge in [-0.15, -0.1) is 0 Å². The first-order valence-corrected chi connectivity index (χ1v) is 8.45. The minimum atomic E-state index is -1.62. The van der Waals surface area contributed by atoms with Crippen LogP contribution in [0.4, 0.5) is 0 Å². The van der Waals surface area contributed by atoms with Crippen molar-refractivity contribution in [2.24, 2.45) is 20.5 Å². The van der Waals surface area contributed by atoms with Crippen LogP contribution in [0.25, 0.3) is 41.8 Å². The van der Waals surface area contributed by atoms with Gasteiger partial charge in [-0.3, -0.25) is 0 Å². The molecule has 3 N–H and O–H groups in total. The smallest absolute Gasteiger partial charge is 0.167 e. The molecule has 2 fully saturated rings. The van der Waals surface area contributed by atoms with Gasteiger partial charge in [0.15, 0.2) is 6.29 Å². The largest absolute Gasteiger partial charge is 0.390 e. The maximum Gasteiger partial charge on any atom is 0.167 e. The number of rotatable bonds is 7. The van der Waals surface area contributed by atoms with Crippen molar-refractivity contribution in [3.8, 4) is 0 Å². The van der Waals surface area contributed by atoms with Crippen LogP contribution in [0.5, 0.6) is 0 Å². The van der Waals surface area contributed by atoms with E-state index in [1.54, 1.807) is 0 Å². The van der Waals surface area contributed by atoms with Crippen LogP contribution in [0.3, 0.4) is 0 Å². The second kappa shape index (κ2) is 10.5. The Morgan fingerprint density at radius 2 is 1.45 bits per heavy atom. The number of hydrogen-bond acceptors (Lipinski definition) is 9. The summed E-state index contributed by atoms with van der Waals surface area (Å²) in [5.74, 6) is 0. The van der Waals surface area contributed by atoms with E-state index < -0.39 is 54.9 Å². The Balaban J connectivity index is 2.27. The maximum atomic E-state index is 10.4. The summed E-state index contributed by atoms with van der Waals surface area (Å²) < 4.78 is 11.2. The van der Waals surface area contributed by atoms with Crippen LogP contribution in [0.2, 0.25) is 0 Å². The lowest BCUT2D eigenvalue weighted by Crippen LogP contribution is -2.59. The highest BCUT2D eigenvalue weighted by molar-refractivity contribution is 5.01. The Morgan fingerprint density at radius 3 is 2.07 bits per heavy atom. The monoisotopic (exact) mass is 410 g/mol. The van der Waals surface area contributed by atoms with Crippen molar-refractivity contribution in [3.05, 3.63) is 41.8 Å². The Kier molecular flexibility index (Phi) is 8.12. The highest BCUT2D eigenvalue weighted by Gasteiger charge is 2.47. The molecular weight excluding hydrogens is 392 g/mol. The van der Waals surface area contributed by atoms with Gasteiger partial charge >= 0.3 is 0 Å². The van der Waals surface area contributed by atoms with Crippen molar-refractivity contribution in [1.82, 2.24) is 0 Å². The molecule has 0 unspecified atom stereocenters. The predicted molar refractivity (Wildman–Crippen MR) is 93.6 cm³/mol. The van der Waals surface area contributed by atoms with Crippen molar-refractivity contribution >= 4 is 0 Å². The van der Waals surface area contributed by atoms with Crippen molar-refractivity contribution in [2.75, 3.05) is 6.54 Å². The summed E-state index contributed by atoms with van der Waals surface area (Å²) in [6.07, 6.45) is -7.99. The van der Waals surface area contributed by atoms with Crippen molar-refractivity contribution < 1.29 is 24.8 Å². The highest BCUT2D eigenvalue weighted by atomic mass is 16.7. The minimum Gasteiger partial charge on any atom is -0.390 e. The predicted octanol–water partition coefficient (Wildman–Crippen LogP) is 1.32. The van der Waals surface area contributed by atoms with Gasteiger partial charge in [0.05, 0.1) is 49.1 Å². The fourth-order valence-corrected chi connectivity index (χ4v) is 3.29. The van der Waals surface area contributed by atoms with Crippen LogP contribution in [-0.2, 0) is 9.47 Å². The first-order valence-electron chi connectivity index (χ1n) is 8.45. The number of nitrogens with zero attached hydrogens (tertiary/aromatic N) is 12. The van der Waals surface area contributed by atoms with Crippen molar-refractivity contribution in [2.45, 2.75) is 67.8 Å². The first-order chi connectivity index (χ1) is 14.0. The van der Waals surface area contributed by atoms with Crippen molar-refractivity contribution in [3.63, 3.8) is 0 Å². The number of azide groups is 4. The Morgan fingerprint density at radius 1 is 0.828 bits per heavy atom. The molecule has 1 heterocycles. The molecule has 1 saturated heterocycles. The topological polar surface area (TPSA) is 274 Å². The third-order valence-corrected chi connectivity index (χ3v) is 4.69. The van der Waals surface area contributed by atoms with E-state index in [2.05, 4.69) is 40.1 Å². The molecule has 17 nitrogen and oxygen atoms in total. The lowest BCUT2D eigenvalue weighted by atomic mass is 9.84. The molecule has 2 rings (SSSR count). The maximum absolute atomic E-state index is 10.4. The molecule has 2 aliphatic rings. The fourth-order valence-electron chi connectivity index (χ4n) is 3.29. The van der Waals surface area contributed by atoms with Gasteiger partial charge in [0, 0.05) is 19.6 Å². The molecule has 0 aromatic rings. The average Bonchev–Trinajstić information content (AvgIpc) is 2.70. The standard InChI is InChI=1S/C12H18N12O5/c13-21-17-3-8-7(25)2-6(20-24-16)12(28-8)29-11-5(19-23-15)1-4(18-22-14)9(26)10(11)27/h4-12,25-27H,1-3H2/t4-,5+,6-,7+,8-,9+,10-,11-,12-/m1/s1. The van der Waals surface area contributed by atoms with E-state index in [4.69, 9.17) is 31.6 Å². The number of aliphatic hydroxyl groups excluding tert-OH is 3. The van der Waals surface area contributed by atoms with E-state index in [1.165, 1.54) is 0 Å². The Hall–Kier alpha value is -2.96. The van der Waals surface area contributed by atoms with Gasteiger partial charge in [0.25, 0.3) is 0 Å². The van der Waals surface area contributed by atoms with E-state index in [0.717, 1.165) is 0 Å². The molecule has 156 valence electrons. The van der Waals surface area contributed by atoms with Crippen LogP contribution in [0.1, 0.15) is 12.8 Å². The lowest BCUT2D eigenvalue weighted by Gasteiger charge is -2.44. The normalized spacial score (nSPS) is 39.1. The summed E-state index contributed by atoms with van der Waals surface area (Å²) in [4.78, 5) is 10.5. The molecule has 0 radical (unpaired) electrons. The fraction of sp³-hybridized carbons (Fsp3) is 1.00.